The summed E-state index contributed by atoms with van der Waals surface area (Å²) in [4.78, 5) is 15.7. The van der Waals surface area contributed by atoms with Gasteiger partial charge < -0.3 is 14.5 Å². The molecule has 2 fully saturated rings. The van der Waals surface area contributed by atoms with Crippen molar-refractivity contribution in [2.45, 2.75) is 25.3 Å². The van der Waals surface area contributed by atoms with E-state index >= 15 is 0 Å². The fourth-order valence-electron chi connectivity index (χ4n) is 2.49. The Kier molecular flexibility index (Phi) is 2.39. The first-order valence-corrected chi connectivity index (χ1v) is 5.30. The molecule has 2 aliphatic rings. The highest BCUT2D eigenvalue weighted by molar-refractivity contribution is 5.78. The molecule has 2 aliphatic heterocycles. The molecule has 2 heterocycles. The van der Waals surface area contributed by atoms with Gasteiger partial charge in [0.25, 0.3) is 0 Å². The summed E-state index contributed by atoms with van der Waals surface area (Å²) in [6.45, 7) is 5.29. The molecule has 2 saturated heterocycles. The third-order valence-corrected chi connectivity index (χ3v) is 3.19. The smallest absolute Gasteiger partial charge is 0.320 e. The molecule has 2 rings (SSSR count). The molecule has 1 spiro atoms. The van der Waals surface area contributed by atoms with E-state index in [9.17, 15) is 4.79 Å². The Bertz CT molecular complexity index is 236. The van der Waals surface area contributed by atoms with Crippen LogP contribution in [0.15, 0.2) is 0 Å². The second-order valence-electron chi connectivity index (χ2n) is 4.32. The quantitative estimate of drug-likeness (QED) is 0.661. The van der Waals surface area contributed by atoms with E-state index < -0.39 is 0 Å². The summed E-state index contributed by atoms with van der Waals surface area (Å²) >= 11 is 0. The zero-order chi connectivity index (χ0) is 10.2. The molecule has 0 N–H and O–H groups in total. The van der Waals surface area contributed by atoms with E-state index in [1.54, 1.807) is 0 Å². The molecule has 0 bridgehead atoms. The topological polar surface area (TPSA) is 32.8 Å². The molecule has 0 aliphatic carbocycles. The van der Waals surface area contributed by atoms with Crippen LogP contribution in [0, 0.1) is 0 Å². The third kappa shape index (κ3) is 1.29. The summed E-state index contributed by atoms with van der Waals surface area (Å²) < 4.78 is 5.43. The Labute approximate surface area is 84.8 Å². The van der Waals surface area contributed by atoms with E-state index in [1.165, 1.54) is 0 Å². The van der Waals surface area contributed by atoms with Crippen LogP contribution in [-0.2, 0) is 4.74 Å². The normalized spacial score (nSPS) is 32.3. The lowest BCUT2D eigenvalue weighted by Crippen LogP contribution is -2.48. The van der Waals surface area contributed by atoms with Crippen molar-refractivity contribution in [2.75, 3.05) is 33.4 Å². The standard InChI is InChI=1S/C10H18N2O2/c1-3-5-12-9(13)11(2)7-10(12)4-6-14-8-10/h3-8H2,1-2H3. The van der Waals surface area contributed by atoms with Crippen LogP contribution in [0.5, 0.6) is 0 Å². The molecule has 0 saturated carbocycles. The molecule has 1 atom stereocenters. The Hall–Kier alpha value is -0.770. The van der Waals surface area contributed by atoms with Gasteiger partial charge in [-0.2, -0.15) is 0 Å². The molecular weight excluding hydrogens is 180 g/mol. The first kappa shape index (κ1) is 9.77. The maximum Gasteiger partial charge on any atom is 0.320 e. The van der Waals surface area contributed by atoms with Crippen molar-refractivity contribution in [2.24, 2.45) is 0 Å². The summed E-state index contributed by atoms with van der Waals surface area (Å²) in [6, 6.07) is 0.164. The molecule has 80 valence electrons. The number of likely N-dealkylation sites (N-methyl/N-ethyl adjacent to an activating group) is 1. The second-order valence-corrected chi connectivity index (χ2v) is 4.32. The SMILES string of the molecule is CCCN1C(=O)N(C)CC12CCOC2. The molecule has 1 unspecified atom stereocenters. The van der Waals surface area contributed by atoms with E-state index in [2.05, 4.69) is 6.92 Å². The van der Waals surface area contributed by atoms with Crippen molar-refractivity contribution < 1.29 is 9.53 Å². The monoisotopic (exact) mass is 198 g/mol. The van der Waals surface area contributed by atoms with Gasteiger partial charge in [0.15, 0.2) is 0 Å². The lowest BCUT2D eigenvalue weighted by molar-refractivity contribution is 0.119. The highest BCUT2D eigenvalue weighted by atomic mass is 16.5. The lowest BCUT2D eigenvalue weighted by Gasteiger charge is -2.31. The predicted octanol–water partition coefficient (Wildman–Crippen LogP) is 0.923. The summed E-state index contributed by atoms with van der Waals surface area (Å²) in [6.07, 6.45) is 2.00. The highest BCUT2D eigenvalue weighted by Gasteiger charge is 2.50. The van der Waals surface area contributed by atoms with Crippen LogP contribution in [0.1, 0.15) is 19.8 Å². The zero-order valence-corrected chi connectivity index (χ0v) is 8.95. The van der Waals surface area contributed by atoms with Gasteiger partial charge in [0.05, 0.1) is 12.1 Å². The van der Waals surface area contributed by atoms with E-state index in [0.29, 0.717) is 6.61 Å². The van der Waals surface area contributed by atoms with E-state index in [0.717, 1.165) is 32.5 Å². The van der Waals surface area contributed by atoms with E-state index in [1.807, 2.05) is 16.8 Å². The third-order valence-electron chi connectivity index (χ3n) is 3.19. The van der Waals surface area contributed by atoms with Gasteiger partial charge in [0.1, 0.15) is 0 Å². The minimum absolute atomic E-state index is 0.0121. The maximum atomic E-state index is 11.9. The van der Waals surface area contributed by atoms with Gasteiger partial charge >= 0.3 is 6.03 Å². The molecule has 14 heavy (non-hydrogen) atoms. The number of carbonyl (C=O) groups is 1. The van der Waals surface area contributed by atoms with Gasteiger partial charge in [0.2, 0.25) is 0 Å². The molecule has 0 aromatic rings. The van der Waals surface area contributed by atoms with Crippen molar-refractivity contribution >= 4 is 6.03 Å². The second kappa shape index (κ2) is 3.42. The summed E-state index contributed by atoms with van der Waals surface area (Å²) in [7, 11) is 1.87. The Morgan fingerprint density at radius 3 is 2.93 bits per heavy atom. The number of hydrogen-bond acceptors (Lipinski definition) is 2. The average Bonchev–Trinajstić information content (AvgIpc) is 2.69. The van der Waals surface area contributed by atoms with Crippen LogP contribution in [0.2, 0.25) is 0 Å². The minimum atomic E-state index is -0.0121. The zero-order valence-electron chi connectivity index (χ0n) is 8.95. The average molecular weight is 198 g/mol. The van der Waals surface area contributed by atoms with Crippen LogP contribution in [0.3, 0.4) is 0 Å². The Morgan fingerprint density at radius 1 is 1.57 bits per heavy atom. The van der Waals surface area contributed by atoms with Crippen LogP contribution in [0.25, 0.3) is 0 Å². The van der Waals surface area contributed by atoms with Crippen molar-refractivity contribution in [1.29, 1.82) is 0 Å². The van der Waals surface area contributed by atoms with Crippen LogP contribution < -0.4 is 0 Å². The van der Waals surface area contributed by atoms with E-state index in [4.69, 9.17) is 4.74 Å². The molecule has 0 aromatic heterocycles. The van der Waals surface area contributed by atoms with Gasteiger partial charge in [-0.05, 0) is 12.8 Å². The highest BCUT2D eigenvalue weighted by Crippen LogP contribution is 2.33. The van der Waals surface area contributed by atoms with E-state index in [-0.39, 0.29) is 11.6 Å². The van der Waals surface area contributed by atoms with Crippen molar-refractivity contribution in [3.63, 3.8) is 0 Å². The predicted molar refractivity (Wildman–Crippen MR) is 53.2 cm³/mol. The number of urea groups is 1. The number of carbonyl (C=O) groups excluding carboxylic acids is 1. The van der Waals surface area contributed by atoms with Crippen LogP contribution in [-0.4, -0.2) is 54.7 Å². The largest absolute Gasteiger partial charge is 0.379 e. The first-order chi connectivity index (χ1) is 6.69. The Morgan fingerprint density at radius 2 is 2.36 bits per heavy atom. The summed E-state index contributed by atoms with van der Waals surface area (Å²) in [5.41, 5.74) is -0.0121. The fourth-order valence-corrected chi connectivity index (χ4v) is 2.49. The van der Waals surface area contributed by atoms with Crippen molar-refractivity contribution in [3.8, 4) is 0 Å². The lowest BCUT2D eigenvalue weighted by atomic mass is 9.98. The van der Waals surface area contributed by atoms with Gasteiger partial charge in [-0.25, -0.2) is 4.79 Å². The molecule has 0 radical (unpaired) electrons. The summed E-state index contributed by atoms with van der Waals surface area (Å²) in [5, 5.41) is 0. The number of amides is 2. The molecular formula is C10H18N2O2. The number of ether oxygens (including phenoxy) is 1. The van der Waals surface area contributed by atoms with Crippen LogP contribution >= 0.6 is 0 Å². The fraction of sp³-hybridized carbons (Fsp3) is 0.900. The molecule has 0 aromatic carbocycles. The molecule has 4 heteroatoms. The van der Waals surface area contributed by atoms with Crippen molar-refractivity contribution in [1.82, 2.24) is 9.80 Å². The van der Waals surface area contributed by atoms with Gasteiger partial charge in [-0.15, -0.1) is 0 Å². The van der Waals surface area contributed by atoms with Gasteiger partial charge in [-0.1, -0.05) is 6.92 Å². The minimum Gasteiger partial charge on any atom is -0.379 e. The van der Waals surface area contributed by atoms with Crippen molar-refractivity contribution in [3.05, 3.63) is 0 Å². The molecule has 2 amide bonds. The Balaban J connectivity index is 2.19. The van der Waals surface area contributed by atoms with Gasteiger partial charge in [0, 0.05) is 26.7 Å². The first-order valence-electron chi connectivity index (χ1n) is 5.30. The van der Waals surface area contributed by atoms with Crippen LogP contribution in [0.4, 0.5) is 4.79 Å². The number of rotatable bonds is 2. The van der Waals surface area contributed by atoms with Gasteiger partial charge in [-0.3, -0.25) is 0 Å². The maximum absolute atomic E-state index is 11.9. The number of nitrogens with zero attached hydrogens (tertiary/aromatic N) is 2. The molecule has 4 nitrogen and oxygen atoms in total. The number of hydrogen-bond donors (Lipinski definition) is 0. The summed E-state index contributed by atoms with van der Waals surface area (Å²) in [5.74, 6) is 0.